The molecule has 0 spiro atoms. The summed E-state index contributed by atoms with van der Waals surface area (Å²) in [5.74, 6) is 0.470. The molecule has 1 aliphatic heterocycles. The molecule has 1 atom stereocenters. The number of rotatable bonds is 5. The third-order valence-corrected chi connectivity index (χ3v) is 5.60. The lowest BCUT2D eigenvalue weighted by Crippen LogP contribution is -2.49. The van der Waals surface area contributed by atoms with E-state index in [4.69, 9.17) is 5.73 Å². The van der Waals surface area contributed by atoms with Crippen LogP contribution < -0.4 is 5.73 Å². The van der Waals surface area contributed by atoms with Crippen LogP contribution in [0.2, 0.25) is 0 Å². The first-order valence-electron chi connectivity index (χ1n) is 6.52. The summed E-state index contributed by atoms with van der Waals surface area (Å²) in [5, 5.41) is 0. The van der Waals surface area contributed by atoms with Gasteiger partial charge in [0.05, 0.1) is 0 Å². The molecule has 1 heterocycles. The van der Waals surface area contributed by atoms with Gasteiger partial charge in [0.2, 0.25) is 0 Å². The Morgan fingerprint density at radius 1 is 1.35 bits per heavy atom. The van der Waals surface area contributed by atoms with Gasteiger partial charge in [0, 0.05) is 32.2 Å². The van der Waals surface area contributed by atoms with E-state index in [0.29, 0.717) is 32.1 Å². The Bertz CT molecular complexity index is 354. The van der Waals surface area contributed by atoms with E-state index in [1.165, 1.54) is 0 Å². The first-order valence-corrected chi connectivity index (χ1v) is 7.92. The minimum absolute atomic E-state index is 0.209. The lowest BCUT2D eigenvalue weighted by Gasteiger charge is -2.34. The number of hydrogen-bond acceptors (Lipinski definition) is 3. The van der Waals surface area contributed by atoms with Crippen molar-refractivity contribution in [3.8, 4) is 0 Å². The van der Waals surface area contributed by atoms with E-state index in [1.54, 1.807) is 8.61 Å². The first kappa shape index (κ1) is 13.3. The third-order valence-electron chi connectivity index (χ3n) is 3.55. The second kappa shape index (κ2) is 5.22. The van der Waals surface area contributed by atoms with Crippen LogP contribution >= 0.6 is 0 Å². The molecule has 0 bridgehead atoms. The molecule has 1 saturated carbocycles. The molecule has 6 heteroatoms. The van der Waals surface area contributed by atoms with Crippen molar-refractivity contribution in [1.29, 1.82) is 0 Å². The van der Waals surface area contributed by atoms with Crippen molar-refractivity contribution in [2.75, 3.05) is 26.2 Å². The molecule has 0 aromatic heterocycles. The van der Waals surface area contributed by atoms with Crippen molar-refractivity contribution in [2.24, 2.45) is 11.7 Å². The molecule has 0 aromatic carbocycles. The molecule has 100 valence electrons. The monoisotopic (exact) mass is 261 g/mol. The zero-order valence-corrected chi connectivity index (χ0v) is 11.3. The van der Waals surface area contributed by atoms with Crippen LogP contribution in [0.25, 0.3) is 0 Å². The summed E-state index contributed by atoms with van der Waals surface area (Å²) in [7, 11) is -3.27. The van der Waals surface area contributed by atoms with Crippen LogP contribution in [-0.2, 0) is 10.2 Å². The Balaban J connectivity index is 2.09. The fraction of sp³-hybridized carbons (Fsp3) is 1.00. The van der Waals surface area contributed by atoms with Crippen molar-refractivity contribution in [1.82, 2.24) is 8.61 Å². The summed E-state index contributed by atoms with van der Waals surface area (Å²) in [5.41, 5.74) is 5.52. The van der Waals surface area contributed by atoms with Gasteiger partial charge in [-0.1, -0.05) is 6.92 Å². The maximum atomic E-state index is 12.5. The lowest BCUT2D eigenvalue weighted by atomic mass is 10.0. The zero-order valence-electron chi connectivity index (χ0n) is 10.5. The number of nitrogens with two attached hydrogens (primary N) is 1. The quantitative estimate of drug-likeness (QED) is 0.778. The molecule has 1 saturated heterocycles. The average Bonchev–Trinajstić information content (AvgIpc) is 3.09. The summed E-state index contributed by atoms with van der Waals surface area (Å²) in [6.45, 7) is 4.31. The second-order valence-corrected chi connectivity index (χ2v) is 7.12. The fourth-order valence-electron chi connectivity index (χ4n) is 2.48. The van der Waals surface area contributed by atoms with Crippen LogP contribution in [0, 0.1) is 5.92 Å². The molecule has 0 aromatic rings. The molecule has 1 aliphatic carbocycles. The molecule has 5 nitrogen and oxygen atoms in total. The Morgan fingerprint density at radius 3 is 2.59 bits per heavy atom. The van der Waals surface area contributed by atoms with Crippen LogP contribution in [0.1, 0.15) is 32.6 Å². The predicted molar refractivity (Wildman–Crippen MR) is 67.7 cm³/mol. The standard InChI is InChI=1S/C11H23N3O2S/c1-10-3-2-7-13(9-10)17(15,16)14(8-6-12)11-4-5-11/h10-11H,2-9,12H2,1H3. The topological polar surface area (TPSA) is 66.6 Å². The van der Waals surface area contributed by atoms with Gasteiger partial charge in [-0.15, -0.1) is 0 Å². The van der Waals surface area contributed by atoms with Gasteiger partial charge in [0.15, 0.2) is 0 Å². The minimum atomic E-state index is -3.27. The van der Waals surface area contributed by atoms with Crippen LogP contribution in [0.4, 0.5) is 0 Å². The van der Waals surface area contributed by atoms with E-state index in [1.807, 2.05) is 0 Å². The van der Waals surface area contributed by atoms with Crippen LogP contribution in [0.15, 0.2) is 0 Å². The van der Waals surface area contributed by atoms with Crippen LogP contribution in [0.5, 0.6) is 0 Å². The van der Waals surface area contributed by atoms with E-state index < -0.39 is 10.2 Å². The SMILES string of the molecule is CC1CCCN(S(=O)(=O)N(CCN)C2CC2)C1. The van der Waals surface area contributed by atoms with Gasteiger partial charge in [-0.25, -0.2) is 0 Å². The maximum Gasteiger partial charge on any atom is 0.282 e. The fourth-order valence-corrected chi connectivity index (χ4v) is 4.50. The van der Waals surface area contributed by atoms with Gasteiger partial charge < -0.3 is 5.73 Å². The molecular formula is C11H23N3O2S. The normalized spacial score (nSPS) is 27.6. The number of hydrogen-bond donors (Lipinski definition) is 1. The zero-order chi connectivity index (χ0) is 12.5. The highest BCUT2D eigenvalue weighted by Crippen LogP contribution is 2.31. The molecule has 0 radical (unpaired) electrons. The maximum absolute atomic E-state index is 12.5. The second-order valence-electron chi connectivity index (χ2n) is 5.24. The predicted octanol–water partition coefficient (Wildman–Crippen LogP) is 0.386. The van der Waals surface area contributed by atoms with Crippen molar-refractivity contribution in [3.63, 3.8) is 0 Å². The van der Waals surface area contributed by atoms with Crippen molar-refractivity contribution < 1.29 is 8.42 Å². The average molecular weight is 261 g/mol. The van der Waals surface area contributed by atoms with Crippen LogP contribution in [0.3, 0.4) is 0 Å². The molecule has 2 aliphatic rings. The van der Waals surface area contributed by atoms with Crippen molar-refractivity contribution in [3.05, 3.63) is 0 Å². The molecule has 0 amide bonds. The Hall–Kier alpha value is -0.170. The highest BCUT2D eigenvalue weighted by Gasteiger charge is 2.40. The largest absolute Gasteiger partial charge is 0.329 e. The van der Waals surface area contributed by atoms with E-state index in [2.05, 4.69) is 6.92 Å². The Morgan fingerprint density at radius 2 is 2.06 bits per heavy atom. The van der Waals surface area contributed by atoms with Gasteiger partial charge in [0.1, 0.15) is 0 Å². The highest BCUT2D eigenvalue weighted by molar-refractivity contribution is 7.86. The van der Waals surface area contributed by atoms with Gasteiger partial charge in [-0.3, -0.25) is 0 Å². The molecule has 17 heavy (non-hydrogen) atoms. The molecule has 2 N–H and O–H groups in total. The summed E-state index contributed by atoms with van der Waals surface area (Å²) in [6, 6.07) is 0.209. The Labute approximate surface area is 104 Å². The first-order chi connectivity index (χ1) is 8.05. The summed E-state index contributed by atoms with van der Waals surface area (Å²) >= 11 is 0. The van der Waals surface area contributed by atoms with Crippen LogP contribution in [-0.4, -0.2) is 49.2 Å². The van der Waals surface area contributed by atoms with Gasteiger partial charge in [-0.05, 0) is 31.6 Å². The summed E-state index contributed by atoms with van der Waals surface area (Å²) in [4.78, 5) is 0. The van der Waals surface area contributed by atoms with Crippen molar-refractivity contribution >= 4 is 10.2 Å². The molecular weight excluding hydrogens is 238 g/mol. The van der Waals surface area contributed by atoms with Gasteiger partial charge in [0.25, 0.3) is 10.2 Å². The lowest BCUT2D eigenvalue weighted by molar-refractivity contribution is 0.256. The van der Waals surface area contributed by atoms with E-state index >= 15 is 0 Å². The summed E-state index contributed by atoms with van der Waals surface area (Å²) < 4.78 is 28.3. The number of piperidine rings is 1. The third kappa shape index (κ3) is 2.99. The van der Waals surface area contributed by atoms with E-state index in [-0.39, 0.29) is 6.04 Å². The minimum Gasteiger partial charge on any atom is -0.329 e. The van der Waals surface area contributed by atoms with E-state index in [9.17, 15) is 8.42 Å². The molecule has 2 rings (SSSR count). The molecule has 2 fully saturated rings. The smallest absolute Gasteiger partial charge is 0.282 e. The highest BCUT2D eigenvalue weighted by atomic mass is 32.2. The van der Waals surface area contributed by atoms with Crippen molar-refractivity contribution in [2.45, 2.75) is 38.6 Å². The number of nitrogens with zero attached hydrogens (tertiary/aromatic N) is 2. The molecule has 1 unspecified atom stereocenters. The Kier molecular flexibility index (Phi) is 4.07. The van der Waals surface area contributed by atoms with Gasteiger partial charge in [-0.2, -0.15) is 17.0 Å². The van der Waals surface area contributed by atoms with Gasteiger partial charge >= 0.3 is 0 Å². The van der Waals surface area contributed by atoms with E-state index in [0.717, 1.165) is 25.7 Å². The summed E-state index contributed by atoms with van der Waals surface area (Å²) in [6.07, 6.45) is 4.08.